The molecule has 0 saturated heterocycles. The minimum atomic E-state index is 0.822. The van der Waals surface area contributed by atoms with Gasteiger partial charge in [0.2, 0.25) is 0 Å². The Kier molecular flexibility index (Phi) is 2.95. The van der Waals surface area contributed by atoms with Crippen LogP contribution in [0.25, 0.3) is 16.9 Å². The second-order valence-electron chi connectivity index (χ2n) is 3.94. The van der Waals surface area contributed by atoms with Crippen molar-refractivity contribution in [2.45, 2.75) is 0 Å². The van der Waals surface area contributed by atoms with Gasteiger partial charge in [-0.1, -0.05) is 18.2 Å². The maximum atomic E-state index is 5.21. The monoisotopic (exact) mass is 350 g/mol. The number of methoxy groups -OCH3 is 1. The van der Waals surface area contributed by atoms with E-state index >= 15 is 0 Å². The van der Waals surface area contributed by atoms with Crippen LogP contribution in [0.4, 0.5) is 0 Å². The van der Waals surface area contributed by atoms with Crippen molar-refractivity contribution in [1.29, 1.82) is 0 Å². The predicted molar refractivity (Wildman–Crippen MR) is 79.9 cm³/mol. The topological polar surface area (TPSA) is 26.5 Å². The molecule has 3 rings (SSSR count). The molecule has 1 aromatic carbocycles. The molecule has 0 N–H and O–H groups in total. The van der Waals surface area contributed by atoms with Crippen LogP contribution in [0.3, 0.4) is 0 Å². The highest BCUT2D eigenvalue weighted by Gasteiger charge is 2.07. The molecule has 0 radical (unpaired) electrons. The quantitative estimate of drug-likeness (QED) is 0.660. The van der Waals surface area contributed by atoms with Gasteiger partial charge >= 0.3 is 0 Å². The molecule has 3 aromatic rings. The molecule has 0 aliphatic heterocycles. The van der Waals surface area contributed by atoms with E-state index in [4.69, 9.17) is 4.74 Å². The zero-order valence-electron chi connectivity index (χ0n) is 9.80. The predicted octanol–water partition coefficient (Wildman–Crippen LogP) is 3.61. The van der Waals surface area contributed by atoms with Gasteiger partial charge in [-0.05, 0) is 34.7 Å². The fraction of sp³-hybridized carbons (Fsp3) is 0.0714. The number of hydrogen-bond donors (Lipinski definition) is 0. The number of hydrogen-bond acceptors (Lipinski definition) is 2. The Morgan fingerprint density at radius 3 is 2.83 bits per heavy atom. The van der Waals surface area contributed by atoms with Crippen molar-refractivity contribution < 1.29 is 4.74 Å². The third kappa shape index (κ3) is 1.96. The van der Waals surface area contributed by atoms with Crippen molar-refractivity contribution in [3.8, 4) is 17.0 Å². The van der Waals surface area contributed by atoms with Crippen molar-refractivity contribution in [3.63, 3.8) is 0 Å². The SMILES string of the molecule is COc1ccn2cc(-c3ccccc3I)nc2c1. The molecule has 18 heavy (non-hydrogen) atoms. The van der Waals surface area contributed by atoms with Crippen LogP contribution in [-0.4, -0.2) is 16.5 Å². The number of rotatable bonds is 2. The zero-order valence-corrected chi connectivity index (χ0v) is 12.0. The van der Waals surface area contributed by atoms with E-state index in [1.807, 2.05) is 41.1 Å². The molecule has 0 amide bonds. The lowest BCUT2D eigenvalue weighted by atomic mass is 10.2. The van der Waals surface area contributed by atoms with E-state index in [0.717, 1.165) is 22.7 Å². The normalized spacial score (nSPS) is 10.8. The van der Waals surface area contributed by atoms with Crippen molar-refractivity contribution >= 4 is 28.2 Å². The Hall–Kier alpha value is -1.56. The average molecular weight is 350 g/mol. The first-order valence-corrected chi connectivity index (χ1v) is 6.63. The van der Waals surface area contributed by atoms with Gasteiger partial charge in [-0.15, -0.1) is 0 Å². The maximum Gasteiger partial charge on any atom is 0.141 e. The van der Waals surface area contributed by atoms with E-state index in [-0.39, 0.29) is 0 Å². The number of halogens is 1. The number of aromatic nitrogens is 2. The maximum absolute atomic E-state index is 5.21. The first kappa shape index (κ1) is 11.5. The van der Waals surface area contributed by atoms with Gasteiger partial charge in [0.25, 0.3) is 0 Å². The van der Waals surface area contributed by atoms with Crippen LogP contribution in [-0.2, 0) is 0 Å². The minimum Gasteiger partial charge on any atom is -0.497 e. The van der Waals surface area contributed by atoms with Crippen molar-refractivity contribution in [3.05, 3.63) is 52.4 Å². The van der Waals surface area contributed by atoms with Crippen LogP contribution < -0.4 is 4.74 Å². The van der Waals surface area contributed by atoms with Gasteiger partial charge in [-0.3, -0.25) is 0 Å². The van der Waals surface area contributed by atoms with Crippen molar-refractivity contribution in [1.82, 2.24) is 9.38 Å². The first-order valence-electron chi connectivity index (χ1n) is 5.55. The molecule has 0 fully saturated rings. The Labute approximate surface area is 119 Å². The van der Waals surface area contributed by atoms with Gasteiger partial charge in [-0.2, -0.15) is 0 Å². The van der Waals surface area contributed by atoms with Crippen LogP contribution in [0.5, 0.6) is 5.75 Å². The fourth-order valence-corrected chi connectivity index (χ4v) is 2.55. The second-order valence-corrected chi connectivity index (χ2v) is 5.10. The summed E-state index contributed by atoms with van der Waals surface area (Å²) in [7, 11) is 1.66. The van der Waals surface area contributed by atoms with E-state index in [9.17, 15) is 0 Å². The smallest absolute Gasteiger partial charge is 0.141 e. The molecular weight excluding hydrogens is 339 g/mol. The third-order valence-electron chi connectivity index (χ3n) is 2.82. The summed E-state index contributed by atoms with van der Waals surface area (Å²) in [6, 6.07) is 12.1. The fourth-order valence-electron chi connectivity index (χ4n) is 1.89. The number of benzene rings is 1. The molecule has 0 atom stereocenters. The highest BCUT2D eigenvalue weighted by atomic mass is 127. The molecule has 0 saturated carbocycles. The first-order chi connectivity index (χ1) is 8.78. The van der Waals surface area contributed by atoms with Crippen LogP contribution >= 0.6 is 22.6 Å². The molecule has 90 valence electrons. The second kappa shape index (κ2) is 4.61. The van der Waals surface area contributed by atoms with E-state index in [1.54, 1.807) is 7.11 Å². The lowest BCUT2D eigenvalue weighted by molar-refractivity contribution is 0.414. The van der Waals surface area contributed by atoms with E-state index < -0.39 is 0 Å². The summed E-state index contributed by atoms with van der Waals surface area (Å²) in [4.78, 5) is 4.63. The number of nitrogens with zero attached hydrogens (tertiary/aromatic N) is 2. The summed E-state index contributed by atoms with van der Waals surface area (Å²) in [5.74, 6) is 0.822. The number of pyridine rings is 1. The van der Waals surface area contributed by atoms with Gasteiger partial charge in [-0.25, -0.2) is 4.98 Å². The lowest BCUT2D eigenvalue weighted by Gasteiger charge is -1.98. The summed E-state index contributed by atoms with van der Waals surface area (Å²) >= 11 is 2.33. The van der Waals surface area contributed by atoms with Crippen molar-refractivity contribution in [2.24, 2.45) is 0 Å². The molecule has 0 aliphatic rings. The molecule has 2 heterocycles. The lowest BCUT2D eigenvalue weighted by Crippen LogP contribution is -1.86. The summed E-state index contributed by atoms with van der Waals surface area (Å²) in [5, 5.41) is 0. The number of ether oxygens (including phenoxy) is 1. The largest absolute Gasteiger partial charge is 0.497 e. The molecule has 0 unspecified atom stereocenters. The zero-order chi connectivity index (χ0) is 12.5. The average Bonchev–Trinajstić information content (AvgIpc) is 2.81. The van der Waals surface area contributed by atoms with Crippen LogP contribution in [0.15, 0.2) is 48.8 Å². The Morgan fingerprint density at radius 1 is 1.22 bits per heavy atom. The van der Waals surface area contributed by atoms with Gasteiger partial charge in [0, 0.05) is 27.6 Å². The highest BCUT2D eigenvalue weighted by molar-refractivity contribution is 14.1. The van der Waals surface area contributed by atoms with E-state index in [1.165, 1.54) is 3.57 Å². The summed E-state index contributed by atoms with van der Waals surface area (Å²) in [6.07, 6.45) is 3.99. The molecule has 3 nitrogen and oxygen atoms in total. The van der Waals surface area contributed by atoms with Crippen LogP contribution in [0.2, 0.25) is 0 Å². The summed E-state index contributed by atoms with van der Waals surface area (Å²) in [5.41, 5.74) is 3.03. The van der Waals surface area contributed by atoms with E-state index in [0.29, 0.717) is 0 Å². The van der Waals surface area contributed by atoms with E-state index in [2.05, 4.69) is 39.7 Å². The molecule has 0 bridgehead atoms. The standard InChI is InChI=1S/C14H11IN2O/c1-18-10-6-7-17-9-13(16-14(17)8-10)11-4-2-3-5-12(11)15/h2-9H,1H3. The Morgan fingerprint density at radius 2 is 2.06 bits per heavy atom. The van der Waals surface area contributed by atoms with Gasteiger partial charge < -0.3 is 9.14 Å². The molecule has 0 aliphatic carbocycles. The highest BCUT2D eigenvalue weighted by Crippen LogP contribution is 2.25. The van der Waals surface area contributed by atoms with Gasteiger partial charge in [0.05, 0.1) is 12.8 Å². The Bertz CT molecular complexity index is 706. The third-order valence-corrected chi connectivity index (χ3v) is 3.76. The molecule has 0 spiro atoms. The summed E-state index contributed by atoms with van der Waals surface area (Å²) in [6.45, 7) is 0. The molecular formula is C14H11IN2O. The van der Waals surface area contributed by atoms with Gasteiger partial charge in [0.15, 0.2) is 0 Å². The molecule has 2 aromatic heterocycles. The van der Waals surface area contributed by atoms with Crippen LogP contribution in [0, 0.1) is 3.57 Å². The summed E-state index contributed by atoms with van der Waals surface area (Å²) < 4.78 is 8.41. The van der Waals surface area contributed by atoms with Crippen molar-refractivity contribution in [2.75, 3.05) is 7.11 Å². The van der Waals surface area contributed by atoms with Crippen LogP contribution in [0.1, 0.15) is 0 Å². The van der Waals surface area contributed by atoms with Gasteiger partial charge in [0.1, 0.15) is 11.4 Å². The number of imidazole rings is 1. The number of fused-ring (bicyclic) bond motifs is 1. The minimum absolute atomic E-state index is 0.822. The Balaban J connectivity index is 2.17. The molecule has 4 heteroatoms.